The quantitative estimate of drug-likeness (QED) is 0.823. The smallest absolute Gasteiger partial charge is 0.234 e. The number of thiazole rings is 1. The van der Waals surface area contributed by atoms with Crippen molar-refractivity contribution in [2.24, 2.45) is 5.41 Å². The molecule has 0 spiro atoms. The number of nitrogens with zero attached hydrogens (tertiary/aromatic N) is 2. The zero-order chi connectivity index (χ0) is 17.5. The van der Waals surface area contributed by atoms with E-state index in [-0.39, 0.29) is 12.0 Å². The zero-order valence-corrected chi connectivity index (χ0v) is 16.0. The highest BCUT2D eigenvalue weighted by atomic mass is 32.1. The normalized spacial score (nSPS) is 18.3. The molecule has 130 valence electrons. The number of anilines is 1. The van der Waals surface area contributed by atoms with Crippen molar-refractivity contribution < 1.29 is 9.53 Å². The Kier molecular flexibility index (Phi) is 4.67. The molecule has 1 aromatic heterocycles. The molecular formula is C19H26N2O2S. The Morgan fingerprint density at radius 1 is 1.33 bits per heavy atom. The van der Waals surface area contributed by atoms with E-state index in [2.05, 4.69) is 26.0 Å². The van der Waals surface area contributed by atoms with Gasteiger partial charge in [-0.1, -0.05) is 44.2 Å². The maximum atomic E-state index is 13.0. The Morgan fingerprint density at radius 2 is 2.04 bits per heavy atom. The third-order valence-electron chi connectivity index (χ3n) is 4.46. The fraction of sp³-hybridized carbons (Fsp3) is 0.579. The molecule has 0 radical (unpaired) electrons. The van der Waals surface area contributed by atoms with Crippen LogP contribution in [0.5, 0.6) is 0 Å². The van der Waals surface area contributed by atoms with E-state index in [1.807, 2.05) is 25.7 Å². The number of benzene rings is 1. The number of hydrogen-bond donors (Lipinski definition) is 0. The molecule has 0 bridgehead atoms. The zero-order valence-electron chi connectivity index (χ0n) is 15.2. The number of ether oxygens (including phenoxy) is 1. The number of fused-ring (bicyclic) bond motifs is 1. The van der Waals surface area contributed by atoms with Gasteiger partial charge in [-0.05, 0) is 37.8 Å². The highest BCUT2D eigenvalue weighted by Crippen LogP contribution is 2.35. The van der Waals surface area contributed by atoms with Crippen LogP contribution >= 0.6 is 11.3 Å². The van der Waals surface area contributed by atoms with Crippen molar-refractivity contribution in [1.29, 1.82) is 0 Å². The Labute approximate surface area is 147 Å². The van der Waals surface area contributed by atoms with Gasteiger partial charge in [0.05, 0.1) is 22.9 Å². The molecule has 1 fully saturated rings. The molecule has 4 nitrogen and oxygen atoms in total. The summed E-state index contributed by atoms with van der Waals surface area (Å²) in [5.74, 6) is 0.104. The van der Waals surface area contributed by atoms with Crippen molar-refractivity contribution in [2.45, 2.75) is 53.6 Å². The molecule has 1 unspecified atom stereocenters. The van der Waals surface area contributed by atoms with Gasteiger partial charge < -0.3 is 4.74 Å². The van der Waals surface area contributed by atoms with Crippen LogP contribution in [0.1, 0.15) is 44.7 Å². The maximum Gasteiger partial charge on any atom is 0.234 e. The summed E-state index contributed by atoms with van der Waals surface area (Å²) in [5.41, 5.74) is 2.92. The second-order valence-electron chi connectivity index (χ2n) is 7.67. The van der Waals surface area contributed by atoms with Crippen LogP contribution in [0.3, 0.4) is 0 Å². The van der Waals surface area contributed by atoms with E-state index in [1.165, 1.54) is 10.3 Å². The lowest BCUT2D eigenvalue weighted by atomic mass is 9.94. The summed E-state index contributed by atoms with van der Waals surface area (Å²) in [4.78, 5) is 19.7. The lowest BCUT2D eigenvalue weighted by molar-refractivity contribution is -0.126. The first-order valence-electron chi connectivity index (χ1n) is 8.57. The fourth-order valence-electron chi connectivity index (χ4n) is 3.01. The van der Waals surface area contributed by atoms with E-state index in [0.717, 1.165) is 35.7 Å². The summed E-state index contributed by atoms with van der Waals surface area (Å²) < 4.78 is 6.94. The lowest BCUT2D eigenvalue weighted by Gasteiger charge is -2.29. The van der Waals surface area contributed by atoms with Crippen LogP contribution in [0.15, 0.2) is 12.1 Å². The van der Waals surface area contributed by atoms with Crippen LogP contribution in [0.2, 0.25) is 0 Å². The lowest BCUT2D eigenvalue weighted by Crippen LogP contribution is -2.43. The standard InChI is InChI=1S/C19H26N2O2S/c1-12-8-9-13(2)16-15(12)20-18(24-16)21(17(22)19(3,4)5)11-14-7-6-10-23-14/h8-9,14H,6-7,10-11H2,1-5H3. The van der Waals surface area contributed by atoms with Crippen LogP contribution in [-0.2, 0) is 9.53 Å². The van der Waals surface area contributed by atoms with E-state index < -0.39 is 5.41 Å². The minimum absolute atomic E-state index is 0.104. The third-order valence-corrected chi connectivity index (χ3v) is 5.67. The molecule has 1 aliphatic heterocycles. The third kappa shape index (κ3) is 3.33. The first-order chi connectivity index (χ1) is 11.3. The first-order valence-corrected chi connectivity index (χ1v) is 9.39. The molecule has 0 aliphatic carbocycles. The summed E-state index contributed by atoms with van der Waals surface area (Å²) in [6, 6.07) is 4.22. The van der Waals surface area contributed by atoms with Gasteiger partial charge >= 0.3 is 0 Å². The van der Waals surface area contributed by atoms with Gasteiger partial charge in [0.15, 0.2) is 5.13 Å². The molecule has 2 heterocycles. The summed E-state index contributed by atoms with van der Waals surface area (Å²) in [5, 5.41) is 0.790. The molecule has 1 saturated heterocycles. The average molecular weight is 346 g/mol. The molecule has 1 aliphatic rings. The molecule has 5 heteroatoms. The SMILES string of the molecule is Cc1ccc(C)c2sc(N(CC3CCCO3)C(=O)C(C)(C)C)nc12. The predicted molar refractivity (Wildman–Crippen MR) is 99.9 cm³/mol. The van der Waals surface area contributed by atoms with Crippen molar-refractivity contribution >= 4 is 32.6 Å². The van der Waals surface area contributed by atoms with Gasteiger partial charge in [-0.25, -0.2) is 4.98 Å². The van der Waals surface area contributed by atoms with Gasteiger partial charge in [-0.2, -0.15) is 0 Å². The van der Waals surface area contributed by atoms with Gasteiger partial charge in [0, 0.05) is 12.0 Å². The van der Waals surface area contributed by atoms with E-state index in [4.69, 9.17) is 9.72 Å². The Morgan fingerprint density at radius 3 is 2.62 bits per heavy atom. The summed E-state index contributed by atoms with van der Waals surface area (Å²) in [7, 11) is 0. The Balaban J connectivity index is 2.02. The second kappa shape index (κ2) is 6.45. The van der Waals surface area contributed by atoms with Gasteiger partial charge in [-0.15, -0.1) is 0 Å². The first kappa shape index (κ1) is 17.4. The highest BCUT2D eigenvalue weighted by Gasteiger charge is 2.33. The Hall–Kier alpha value is -1.46. The van der Waals surface area contributed by atoms with Crippen LogP contribution < -0.4 is 4.90 Å². The number of rotatable bonds is 3. The van der Waals surface area contributed by atoms with Gasteiger partial charge in [0.25, 0.3) is 0 Å². The topological polar surface area (TPSA) is 42.4 Å². The molecular weight excluding hydrogens is 320 g/mol. The monoisotopic (exact) mass is 346 g/mol. The average Bonchev–Trinajstić information content (AvgIpc) is 3.16. The molecule has 3 rings (SSSR count). The molecule has 1 atom stereocenters. The van der Waals surface area contributed by atoms with Crippen molar-refractivity contribution in [3.63, 3.8) is 0 Å². The summed E-state index contributed by atoms with van der Waals surface area (Å²) >= 11 is 1.61. The van der Waals surface area contributed by atoms with E-state index in [1.54, 1.807) is 11.3 Å². The molecule has 1 amide bonds. The summed E-state index contributed by atoms with van der Waals surface area (Å²) in [6.45, 7) is 11.4. The van der Waals surface area contributed by atoms with E-state index in [0.29, 0.717) is 6.54 Å². The van der Waals surface area contributed by atoms with Gasteiger partial charge in [-0.3, -0.25) is 9.69 Å². The number of hydrogen-bond acceptors (Lipinski definition) is 4. The number of carbonyl (C=O) groups is 1. The van der Waals surface area contributed by atoms with Crippen LogP contribution in [0.4, 0.5) is 5.13 Å². The van der Waals surface area contributed by atoms with E-state index >= 15 is 0 Å². The van der Waals surface area contributed by atoms with Crippen molar-refractivity contribution in [3.05, 3.63) is 23.3 Å². The van der Waals surface area contributed by atoms with Crippen LogP contribution in [0.25, 0.3) is 10.2 Å². The highest BCUT2D eigenvalue weighted by molar-refractivity contribution is 7.22. The van der Waals surface area contributed by atoms with Crippen LogP contribution in [0, 0.1) is 19.3 Å². The van der Waals surface area contributed by atoms with Crippen LogP contribution in [-0.4, -0.2) is 30.1 Å². The number of aromatic nitrogens is 1. The maximum absolute atomic E-state index is 13.0. The number of carbonyl (C=O) groups excluding carboxylic acids is 1. The van der Waals surface area contributed by atoms with Gasteiger partial charge in [0.1, 0.15) is 0 Å². The summed E-state index contributed by atoms with van der Waals surface area (Å²) in [6.07, 6.45) is 2.20. The molecule has 0 N–H and O–H groups in total. The Bertz CT molecular complexity index is 716. The van der Waals surface area contributed by atoms with Crippen molar-refractivity contribution in [1.82, 2.24) is 4.98 Å². The fourth-order valence-corrected chi connectivity index (χ4v) is 4.13. The number of aryl methyl sites for hydroxylation is 2. The second-order valence-corrected chi connectivity index (χ2v) is 8.65. The number of amides is 1. The molecule has 2 aromatic rings. The largest absolute Gasteiger partial charge is 0.376 e. The predicted octanol–water partition coefficient (Wildman–Crippen LogP) is 4.47. The van der Waals surface area contributed by atoms with Crippen molar-refractivity contribution in [3.8, 4) is 0 Å². The van der Waals surface area contributed by atoms with Crippen molar-refractivity contribution in [2.75, 3.05) is 18.1 Å². The van der Waals surface area contributed by atoms with Gasteiger partial charge in [0.2, 0.25) is 5.91 Å². The molecule has 24 heavy (non-hydrogen) atoms. The minimum Gasteiger partial charge on any atom is -0.376 e. The molecule has 0 saturated carbocycles. The molecule has 1 aromatic carbocycles. The minimum atomic E-state index is -0.444. The van der Waals surface area contributed by atoms with E-state index in [9.17, 15) is 4.79 Å².